The third-order valence-corrected chi connectivity index (χ3v) is 3.98. The molecule has 27 heavy (non-hydrogen) atoms. The maximum absolute atomic E-state index is 11.9. The van der Waals surface area contributed by atoms with Gasteiger partial charge in [-0.25, -0.2) is 5.43 Å². The summed E-state index contributed by atoms with van der Waals surface area (Å²) in [5.74, 6) is -0.528. The average Bonchev–Trinajstić information content (AvgIpc) is 2.62. The smallest absolute Gasteiger partial charge is 0.259 e. The summed E-state index contributed by atoms with van der Waals surface area (Å²) in [4.78, 5) is 22.6. The third kappa shape index (κ3) is 6.63. The molecule has 2 amide bonds. The maximum Gasteiger partial charge on any atom is 0.259 e. The SMILES string of the molecule is Cc1ccc(NCC(=O)NN=Cc2ccc(OCC(N)=O)c(Cl)c2)cc1C. The second kappa shape index (κ2) is 9.59. The van der Waals surface area contributed by atoms with Gasteiger partial charge in [0.2, 0.25) is 0 Å². The Morgan fingerprint density at radius 1 is 1.19 bits per heavy atom. The van der Waals surface area contributed by atoms with Crippen LogP contribution in [0.4, 0.5) is 5.69 Å². The predicted molar refractivity (Wildman–Crippen MR) is 106 cm³/mol. The van der Waals surface area contributed by atoms with Crippen molar-refractivity contribution in [2.75, 3.05) is 18.5 Å². The molecule has 7 nitrogen and oxygen atoms in total. The van der Waals surface area contributed by atoms with Gasteiger partial charge in [-0.1, -0.05) is 17.7 Å². The van der Waals surface area contributed by atoms with Gasteiger partial charge in [0.25, 0.3) is 11.8 Å². The molecule has 142 valence electrons. The summed E-state index contributed by atoms with van der Waals surface area (Å²) in [6.07, 6.45) is 1.46. The number of aryl methyl sites for hydroxylation is 2. The molecule has 0 spiro atoms. The number of anilines is 1. The van der Waals surface area contributed by atoms with E-state index in [9.17, 15) is 9.59 Å². The zero-order valence-corrected chi connectivity index (χ0v) is 15.8. The van der Waals surface area contributed by atoms with Crippen molar-refractivity contribution >= 4 is 35.3 Å². The second-order valence-corrected chi connectivity index (χ2v) is 6.30. The largest absolute Gasteiger partial charge is 0.482 e. The van der Waals surface area contributed by atoms with E-state index in [0.717, 1.165) is 11.3 Å². The maximum atomic E-state index is 11.9. The van der Waals surface area contributed by atoms with Crippen LogP contribution in [0.25, 0.3) is 0 Å². The third-order valence-electron chi connectivity index (χ3n) is 3.69. The fourth-order valence-corrected chi connectivity index (χ4v) is 2.36. The lowest BCUT2D eigenvalue weighted by Crippen LogP contribution is -2.25. The minimum Gasteiger partial charge on any atom is -0.482 e. The van der Waals surface area contributed by atoms with Crippen LogP contribution in [0.3, 0.4) is 0 Å². The highest BCUT2D eigenvalue weighted by molar-refractivity contribution is 6.32. The zero-order valence-electron chi connectivity index (χ0n) is 15.1. The highest BCUT2D eigenvalue weighted by Gasteiger charge is 2.04. The number of carbonyl (C=O) groups is 2. The number of benzene rings is 2. The molecule has 2 aromatic carbocycles. The molecule has 0 radical (unpaired) electrons. The van der Waals surface area contributed by atoms with Crippen molar-refractivity contribution in [3.05, 3.63) is 58.1 Å². The lowest BCUT2D eigenvalue weighted by Gasteiger charge is -2.08. The quantitative estimate of drug-likeness (QED) is 0.476. The first kappa shape index (κ1) is 20.3. The monoisotopic (exact) mass is 388 g/mol. The lowest BCUT2D eigenvalue weighted by molar-refractivity contribution is -0.120. The Morgan fingerprint density at radius 2 is 1.96 bits per heavy atom. The number of carbonyl (C=O) groups excluding carboxylic acids is 2. The van der Waals surface area contributed by atoms with Gasteiger partial charge in [0.15, 0.2) is 6.61 Å². The van der Waals surface area contributed by atoms with Crippen molar-refractivity contribution in [2.24, 2.45) is 10.8 Å². The summed E-state index contributed by atoms with van der Waals surface area (Å²) in [6.45, 7) is 3.89. The molecule has 0 atom stereocenters. The van der Waals surface area contributed by atoms with E-state index in [1.165, 1.54) is 11.8 Å². The topological polar surface area (TPSA) is 106 Å². The van der Waals surface area contributed by atoms with E-state index in [2.05, 4.69) is 15.8 Å². The van der Waals surface area contributed by atoms with Gasteiger partial charge in [0, 0.05) is 5.69 Å². The Morgan fingerprint density at radius 3 is 2.63 bits per heavy atom. The fraction of sp³-hybridized carbons (Fsp3) is 0.211. The number of nitrogens with one attached hydrogen (secondary N) is 2. The Balaban J connectivity index is 1.83. The van der Waals surface area contributed by atoms with Gasteiger partial charge in [0.1, 0.15) is 5.75 Å². The lowest BCUT2D eigenvalue weighted by atomic mass is 10.1. The van der Waals surface area contributed by atoms with Crippen molar-refractivity contribution < 1.29 is 14.3 Å². The van der Waals surface area contributed by atoms with E-state index >= 15 is 0 Å². The Kier molecular flexibility index (Phi) is 7.19. The van der Waals surface area contributed by atoms with Gasteiger partial charge in [-0.2, -0.15) is 5.10 Å². The number of hydrogen-bond acceptors (Lipinski definition) is 5. The summed E-state index contributed by atoms with van der Waals surface area (Å²) in [5.41, 5.74) is 11.3. The number of hydrazone groups is 1. The molecule has 2 rings (SSSR count). The van der Waals surface area contributed by atoms with Crippen LogP contribution in [0, 0.1) is 13.8 Å². The van der Waals surface area contributed by atoms with Crippen LogP contribution >= 0.6 is 11.6 Å². The van der Waals surface area contributed by atoms with Gasteiger partial charge < -0.3 is 15.8 Å². The molecule has 0 aliphatic carbocycles. The van der Waals surface area contributed by atoms with Crippen LogP contribution in [0.2, 0.25) is 5.02 Å². The van der Waals surface area contributed by atoms with E-state index in [1.807, 2.05) is 32.0 Å². The standard InChI is InChI=1S/C19H21ClN4O3/c1-12-3-5-15(7-13(12)2)22-10-19(26)24-23-9-14-4-6-17(16(20)8-14)27-11-18(21)25/h3-9,22H,10-11H2,1-2H3,(H2,21,25)(H,24,26). The fourth-order valence-electron chi connectivity index (χ4n) is 2.12. The molecule has 0 unspecified atom stereocenters. The summed E-state index contributed by atoms with van der Waals surface area (Å²) < 4.78 is 5.16. The molecule has 0 saturated heterocycles. The van der Waals surface area contributed by atoms with E-state index in [-0.39, 0.29) is 19.1 Å². The number of ether oxygens (including phenoxy) is 1. The molecule has 0 aliphatic rings. The predicted octanol–water partition coefficient (Wildman–Crippen LogP) is 2.38. The molecule has 0 fully saturated rings. The van der Waals surface area contributed by atoms with Crippen LogP contribution in [0.5, 0.6) is 5.75 Å². The Labute approximate surface area is 162 Å². The van der Waals surface area contributed by atoms with Crippen molar-refractivity contribution in [1.82, 2.24) is 5.43 Å². The van der Waals surface area contributed by atoms with Crippen molar-refractivity contribution in [3.8, 4) is 5.75 Å². The number of rotatable bonds is 8. The normalized spacial score (nSPS) is 10.6. The van der Waals surface area contributed by atoms with Gasteiger partial charge in [-0.15, -0.1) is 0 Å². The van der Waals surface area contributed by atoms with E-state index in [0.29, 0.717) is 16.3 Å². The van der Waals surface area contributed by atoms with Gasteiger partial charge >= 0.3 is 0 Å². The van der Waals surface area contributed by atoms with Crippen molar-refractivity contribution in [3.63, 3.8) is 0 Å². The molecule has 8 heteroatoms. The average molecular weight is 389 g/mol. The van der Waals surface area contributed by atoms with Gasteiger partial charge in [-0.3, -0.25) is 9.59 Å². The first-order valence-corrected chi connectivity index (χ1v) is 8.56. The van der Waals surface area contributed by atoms with Crippen molar-refractivity contribution in [2.45, 2.75) is 13.8 Å². The number of nitrogens with two attached hydrogens (primary N) is 1. The molecule has 0 aliphatic heterocycles. The first-order chi connectivity index (χ1) is 12.8. The van der Waals surface area contributed by atoms with Crippen LogP contribution in [-0.2, 0) is 9.59 Å². The molecular formula is C19H21ClN4O3. The highest BCUT2D eigenvalue weighted by atomic mass is 35.5. The minimum atomic E-state index is -0.589. The number of hydrogen-bond donors (Lipinski definition) is 3. The molecule has 2 aromatic rings. The van der Waals surface area contributed by atoms with E-state index in [4.69, 9.17) is 22.1 Å². The van der Waals surface area contributed by atoms with Crippen LogP contribution in [-0.4, -0.2) is 31.2 Å². The second-order valence-electron chi connectivity index (χ2n) is 5.89. The Hall–Kier alpha value is -3.06. The van der Waals surface area contributed by atoms with E-state index in [1.54, 1.807) is 18.2 Å². The Bertz CT molecular complexity index is 868. The molecular weight excluding hydrogens is 368 g/mol. The minimum absolute atomic E-state index is 0.0977. The van der Waals surface area contributed by atoms with Crippen LogP contribution < -0.4 is 21.2 Å². The van der Waals surface area contributed by atoms with Crippen LogP contribution in [0.1, 0.15) is 16.7 Å². The van der Waals surface area contributed by atoms with Gasteiger partial charge in [-0.05, 0) is 60.9 Å². The molecule has 0 heterocycles. The summed E-state index contributed by atoms with van der Waals surface area (Å²) in [7, 11) is 0. The molecule has 4 N–H and O–H groups in total. The van der Waals surface area contributed by atoms with Crippen molar-refractivity contribution in [1.29, 1.82) is 0 Å². The summed E-state index contributed by atoms with van der Waals surface area (Å²) in [6, 6.07) is 10.8. The molecule has 0 saturated carbocycles. The number of amides is 2. The van der Waals surface area contributed by atoms with Gasteiger partial charge in [0.05, 0.1) is 17.8 Å². The number of primary amides is 1. The first-order valence-electron chi connectivity index (χ1n) is 8.19. The summed E-state index contributed by atoms with van der Waals surface area (Å²) in [5, 5.41) is 7.24. The number of nitrogens with zero attached hydrogens (tertiary/aromatic N) is 1. The van der Waals surface area contributed by atoms with Crippen LogP contribution in [0.15, 0.2) is 41.5 Å². The van der Waals surface area contributed by atoms with E-state index < -0.39 is 5.91 Å². The molecule has 0 bridgehead atoms. The zero-order chi connectivity index (χ0) is 19.8. The number of halogens is 1. The summed E-state index contributed by atoms with van der Waals surface area (Å²) >= 11 is 6.06. The highest BCUT2D eigenvalue weighted by Crippen LogP contribution is 2.24. The molecule has 0 aromatic heterocycles.